The highest BCUT2D eigenvalue weighted by Gasteiger charge is 2.19. The van der Waals surface area contributed by atoms with E-state index in [0.29, 0.717) is 6.54 Å². The van der Waals surface area contributed by atoms with Gasteiger partial charge in [-0.05, 0) is 40.9 Å². The van der Waals surface area contributed by atoms with Crippen molar-refractivity contribution in [2.24, 2.45) is 0 Å². The van der Waals surface area contributed by atoms with E-state index in [-0.39, 0.29) is 5.92 Å². The van der Waals surface area contributed by atoms with Crippen LogP contribution in [0.25, 0.3) is 18.2 Å². The molecule has 0 saturated heterocycles. The summed E-state index contributed by atoms with van der Waals surface area (Å²) in [6, 6.07) is 14.9. The van der Waals surface area contributed by atoms with Crippen molar-refractivity contribution < 1.29 is 0 Å². The van der Waals surface area contributed by atoms with Crippen LogP contribution in [0.5, 0.6) is 0 Å². The second kappa shape index (κ2) is 6.47. The number of fused-ring (bicyclic) bond motifs is 2. The van der Waals surface area contributed by atoms with Gasteiger partial charge in [0.15, 0.2) is 0 Å². The Morgan fingerprint density at radius 1 is 1.09 bits per heavy atom. The molecule has 1 heteroatoms. The molecule has 108 valence electrons. The van der Waals surface area contributed by atoms with E-state index in [1.54, 1.807) is 0 Å². The average molecular weight is 285 g/mol. The van der Waals surface area contributed by atoms with E-state index >= 15 is 0 Å². The van der Waals surface area contributed by atoms with Crippen LogP contribution >= 0.6 is 0 Å². The Balaban J connectivity index is 2.20. The molecule has 1 aliphatic rings. The molecule has 1 aliphatic carbocycles. The van der Waals surface area contributed by atoms with Crippen molar-refractivity contribution in [2.45, 2.75) is 5.92 Å². The van der Waals surface area contributed by atoms with Crippen LogP contribution in [0, 0.1) is 11.8 Å². The summed E-state index contributed by atoms with van der Waals surface area (Å²) < 4.78 is 0. The van der Waals surface area contributed by atoms with E-state index in [9.17, 15) is 0 Å². The lowest BCUT2D eigenvalue weighted by atomic mass is 9.87. The Bertz CT molecular complexity index is 787. The molecule has 1 unspecified atom stereocenters. The van der Waals surface area contributed by atoms with Crippen molar-refractivity contribution in [3.63, 3.8) is 0 Å². The van der Waals surface area contributed by atoms with Gasteiger partial charge in [-0.25, -0.2) is 0 Å². The number of nitrogens with one attached hydrogen (secondary N) is 1. The molecular formula is C21H19N. The first kappa shape index (κ1) is 14.4. The summed E-state index contributed by atoms with van der Waals surface area (Å²) in [6.07, 6.45) is 6.25. The summed E-state index contributed by atoms with van der Waals surface area (Å²) >= 11 is 0. The number of hydrogen-bond acceptors (Lipinski definition) is 1. The molecular weight excluding hydrogens is 266 g/mol. The van der Waals surface area contributed by atoms with Gasteiger partial charge in [0.25, 0.3) is 0 Å². The number of rotatable bonds is 2. The summed E-state index contributed by atoms with van der Waals surface area (Å²) in [6.45, 7) is 4.58. The lowest BCUT2D eigenvalue weighted by Crippen LogP contribution is -2.06. The highest BCUT2D eigenvalue weighted by Crippen LogP contribution is 2.34. The predicted octanol–water partition coefficient (Wildman–Crippen LogP) is 4.17. The third kappa shape index (κ3) is 2.74. The molecule has 0 amide bonds. The van der Waals surface area contributed by atoms with Crippen molar-refractivity contribution in [3.05, 3.63) is 76.9 Å². The number of hydrogen-bond donors (Lipinski definition) is 1. The summed E-state index contributed by atoms with van der Waals surface area (Å²) in [5, 5.41) is 3.09. The molecule has 22 heavy (non-hydrogen) atoms. The van der Waals surface area contributed by atoms with Crippen LogP contribution in [0.4, 0.5) is 0 Å². The van der Waals surface area contributed by atoms with Gasteiger partial charge in [0.1, 0.15) is 0 Å². The van der Waals surface area contributed by atoms with Gasteiger partial charge in [-0.1, -0.05) is 73.0 Å². The van der Waals surface area contributed by atoms with Crippen LogP contribution < -0.4 is 5.32 Å². The first-order valence-corrected chi connectivity index (χ1v) is 7.50. The smallest absolute Gasteiger partial charge is 0.0714 e. The Hall–Kier alpha value is -2.56. The molecule has 0 bridgehead atoms. The zero-order chi connectivity index (χ0) is 15.4. The lowest BCUT2D eigenvalue weighted by Gasteiger charge is -2.15. The van der Waals surface area contributed by atoms with Crippen molar-refractivity contribution in [3.8, 4) is 11.8 Å². The molecule has 0 aliphatic heterocycles. The fourth-order valence-corrected chi connectivity index (χ4v) is 2.79. The normalized spacial score (nSPS) is 15.0. The standard InChI is InChI=1S/C21H19N/c1-3-16-10-11-18-13-12-17-7-4-5-8-19(17)20(21(18)15-16)9-6-14-22-2/h3-5,7-8,10-13,15,20,22H,1,14H2,2H3. The van der Waals surface area contributed by atoms with E-state index < -0.39 is 0 Å². The molecule has 0 radical (unpaired) electrons. The van der Waals surface area contributed by atoms with Crippen LogP contribution in [0.3, 0.4) is 0 Å². The van der Waals surface area contributed by atoms with Crippen molar-refractivity contribution in [2.75, 3.05) is 13.6 Å². The zero-order valence-corrected chi connectivity index (χ0v) is 12.8. The molecule has 0 aromatic heterocycles. The minimum Gasteiger partial charge on any atom is -0.309 e. The summed E-state index contributed by atoms with van der Waals surface area (Å²) in [5.74, 6) is 6.77. The maximum atomic E-state index is 3.88. The van der Waals surface area contributed by atoms with E-state index in [2.05, 4.69) is 78.4 Å². The van der Waals surface area contributed by atoms with Gasteiger partial charge in [0.2, 0.25) is 0 Å². The van der Waals surface area contributed by atoms with Crippen molar-refractivity contribution in [1.82, 2.24) is 5.32 Å². The van der Waals surface area contributed by atoms with Gasteiger partial charge >= 0.3 is 0 Å². The lowest BCUT2D eigenvalue weighted by molar-refractivity contribution is 0.934. The zero-order valence-electron chi connectivity index (χ0n) is 12.8. The molecule has 0 spiro atoms. The number of benzene rings is 2. The first-order valence-electron chi connectivity index (χ1n) is 7.50. The van der Waals surface area contributed by atoms with Crippen LogP contribution in [-0.2, 0) is 0 Å². The quantitative estimate of drug-likeness (QED) is 0.817. The Morgan fingerprint density at radius 3 is 2.64 bits per heavy atom. The second-order valence-electron chi connectivity index (χ2n) is 5.34. The Kier molecular flexibility index (Phi) is 4.23. The van der Waals surface area contributed by atoms with Crippen molar-refractivity contribution in [1.29, 1.82) is 0 Å². The molecule has 2 aromatic rings. The summed E-state index contributed by atoms with van der Waals surface area (Å²) in [5.41, 5.74) is 6.12. The van der Waals surface area contributed by atoms with Crippen molar-refractivity contribution >= 4 is 18.2 Å². The van der Waals surface area contributed by atoms with E-state index in [1.807, 2.05) is 13.1 Å². The molecule has 2 aromatic carbocycles. The molecule has 1 atom stereocenters. The van der Waals surface area contributed by atoms with Gasteiger partial charge in [-0.15, -0.1) is 0 Å². The maximum absolute atomic E-state index is 3.88. The molecule has 1 N–H and O–H groups in total. The minimum atomic E-state index is 0.0921. The van der Waals surface area contributed by atoms with Crippen LogP contribution in [0.15, 0.2) is 49.0 Å². The molecule has 0 heterocycles. The minimum absolute atomic E-state index is 0.0921. The van der Waals surface area contributed by atoms with Gasteiger partial charge in [0, 0.05) is 0 Å². The average Bonchev–Trinajstić information content (AvgIpc) is 2.72. The monoisotopic (exact) mass is 285 g/mol. The van der Waals surface area contributed by atoms with Crippen LogP contribution in [0.2, 0.25) is 0 Å². The van der Waals surface area contributed by atoms with Gasteiger partial charge in [0.05, 0.1) is 12.5 Å². The third-order valence-corrected chi connectivity index (χ3v) is 3.92. The van der Waals surface area contributed by atoms with Gasteiger partial charge in [-0.2, -0.15) is 0 Å². The van der Waals surface area contributed by atoms with Gasteiger partial charge < -0.3 is 5.32 Å². The highest BCUT2D eigenvalue weighted by atomic mass is 14.8. The summed E-state index contributed by atoms with van der Waals surface area (Å²) in [7, 11) is 1.92. The van der Waals surface area contributed by atoms with E-state index in [0.717, 1.165) is 5.56 Å². The second-order valence-corrected chi connectivity index (χ2v) is 5.34. The largest absolute Gasteiger partial charge is 0.309 e. The fraction of sp³-hybridized carbons (Fsp3) is 0.143. The molecule has 0 saturated carbocycles. The van der Waals surface area contributed by atoms with Crippen LogP contribution in [-0.4, -0.2) is 13.6 Å². The Labute approximate surface area is 132 Å². The Morgan fingerprint density at radius 2 is 1.86 bits per heavy atom. The van der Waals surface area contributed by atoms with Gasteiger partial charge in [-0.3, -0.25) is 0 Å². The van der Waals surface area contributed by atoms with E-state index in [1.165, 1.54) is 22.3 Å². The topological polar surface area (TPSA) is 12.0 Å². The van der Waals surface area contributed by atoms with E-state index in [4.69, 9.17) is 0 Å². The SMILES string of the molecule is C=Cc1ccc2c(c1)C(C#CCNC)c1ccccc1C=C2. The van der Waals surface area contributed by atoms with Crippen LogP contribution in [0.1, 0.15) is 33.7 Å². The molecule has 0 fully saturated rings. The molecule has 1 nitrogen and oxygen atoms in total. The third-order valence-electron chi connectivity index (χ3n) is 3.92. The predicted molar refractivity (Wildman–Crippen MR) is 95.4 cm³/mol. The molecule has 3 rings (SSSR count). The first-order chi connectivity index (χ1) is 10.8. The highest BCUT2D eigenvalue weighted by molar-refractivity contribution is 5.78. The fourth-order valence-electron chi connectivity index (χ4n) is 2.79. The maximum Gasteiger partial charge on any atom is 0.0714 e. The summed E-state index contributed by atoms with van der Waals surface area (Å²) in [4.78, 5) is 0.